The molecule has 0 N–H and O–H groups in total. The van der Waals surface area contributed by atoms with Crippen LogP contribution in [0.25, 0.3) is 39.1 Å². The topological polar surface area (TPSA) is 9.23 Å². The predicted molar refractivity (Wildman–Crippen MR) is 140 cm³/mol. The van der Waals surface area contributed by atoms with Crippen molar-refractivity contribution >= 4 is 35.1 Å². The third-order valence-corrected chi connectivity index (χ3v) is 8.35. The van der Waals surface area contributed by atoms with Gasteiger partial charge < -0.3 is 4.74 Å². The van der Waals surface area contributed by atoms with Crippen molar-refractivity contribution in [3.05, 3.63) is 119 Å². The molecule has 1 spiro atoms. The number of hydrogen-bond donors (Lipinski definition) is 0. The fourth-order valence-corrected chi connectivity index (χ4v) is 7.31. The lowest BCUT2D eigenvalue weighted by molar-refractivity contribution is 0.362. The van der Waals surface area contributed by atoms with E-state index < -0.39 is 0 Å². The van der Waals surface area contributed by atoms with Crippen LogP contribution in [-0.4, -0.2) is 13.9 Å². The SMILES string of the molecule is [B]1c2cccc3c2-c2c1cccc2C31c2ccccc2-c2c1c1c(c3ccccc23)OCC=C1. The molecule has 0 unspecified atom stereocenters. The maximum Gasteiger partial charge on any atom is 0.193 e. The number of ether oxygens (including phenoxy) is 1. The van der Waals surface area contributed by atoms with Crippen LogP contribution in [0.1, 0.15) is 27.8 Å². The monoisotopic (exact) mass is 429 g/mol. The quantitative estimate of drug-likeness (QED) is 0.287. The fourth-order valence-electron chi connectivity index (χ4n) is 7.31. The summed E-state index contributed by atoms with van der Waals surface area (Å²) in [6.07, 6.45) is 4.47. The summed E-state index contributed by atoms with van der Waals surface area (Å²) < 4.78 is 6.38. The van der Waals surface area contributed by atoms with Gasteiger partial charge in [-0.15, -0.1) is 0 Å². The molecule has 0 saturated carbocycles. The van der Waals surface area contributed by atoms with Crippen LogP contribution in [0, 0.1) is 0 Å². The molecule has 9 rings (SSSR count). The van der Waals surface area contributed by atoms with Gasteiger partial charge in [0.05, 0.1) is 5.41 Å². The zero-order valence-electron chi connectivity index (χ0n) is 18.4. The van der Waals surface area contributed by atoms with Crippen LogP contribution in [-0.2, 0) is 5.41 Å². The fraction of sp³-hybridized carbons (Fsp3) is 0.0625. The minimum atomic E-state index is -0.337. The van der Waals surface area contributed by atoms with E-state index in [1.165, 1.54) is 71.8 Å². The maximum atomic E-state index is 6.38. The summed E-state index contributed by atoms with van der Waals surface area (Å²) in [5.74, 6) is 1.02. The molecule has 2 heterocycles. The standard InChI is InChI=1S/C32H18BO/c1-2-9-19-18(8-1)27-20-10-3-4-12-22(20)32(30(27)21-11-7-17-34-31(19)21)23-13-5-15-25-28(23)29-24(32)14-6-16-26(29)33-25/h1-16H,17H2. The Labute approximate surface area is 198 Å². The van der Waals surface area contributed by atoms with Crippen LogP contribution in [0.3, 0.4) is 0 Å². The highest BCUT2D eigenvalue weighted by molar-refractivity contribution is 6.74. The Kier molecular flexibility index (Phi) is 2.93. The third-order valence-electron chi connectivity index (χ3n) is 8.35. The summed E-state index contributed by atoms with van der Waals surface area (Å²) in [6.45, 7) is 0.617. The molecule has 0 fully saturated rings. The molecule has 4 aliphatic rings. The average molecular weight is 429 g/mol. The lowest BCUT2D eigenvalue weighted by atomic mass is 9.62. The lowest BCUT2D eigenvalue weighted by Crippen LogP contribution is -2.31. The number of hydrogen-bond acceptors (Lipinski definition) is 1. The van der Waals surface area contributed by atoms with Crippen molar-refractivity contribution in [2.24, 2.45) is 0 Å². The molecule has 0 aromatic heterocycles. The van der Waals surface area contributed by atoms with E-state index in [9.17, 15) is 0 Å². The molecule has 2 aliphatic heterocycles. The van der Waals surface area contributed by atoms with E-state index in [4.69, 9.17) is 4.74 Å². The molecule has 5 aromatic rings. The van der Waals surface area contributed by atoms with E-state index in [0.717, 1.165) is 5.75 Å². The van der Waals surface area contributed by atoms with E-state index >= 15 is 0 Å². The van der Waals surface area contributed by atoms with Crippen molar-refractivity contribution in [2.75, 3.05) is 6.61 Å². The zero-order chi connectivity index (χ0) is 22.0. The molecule has 0 saturated heterocycles. The Morgan fingerprint density at radius 3 is 2.12 bits per heavy atom. The van der Waals surface area contributed by atoms with Gasteiger partial charge in [-0.1, -0.05) is 102 Å². The van der Waals surface area contributed by atoms with Crippen LogP contribution in [0.5, 0.6) is 5.75 Å². The molecular weight excluding hydrogens is 411 g/mol. The first kappa shape index (κ1) is 17.4. The van der Waals surface area contributed by atoms with Gasteiger partial charge in [-0.05, 0) is 56.0 Å². The molecule has 1 nitrogen and oxygen atoms in total. The lowest BCUT2D eigenvalue weighted by Gasteiger charge is -2.33. The molecule has 1 radical (unpaired) electrons. The summed E-state index contributed by atoms with van der Waals surface area (Å²) in [6, 6.07) is 31.6. The molecule has 34 heavy (non-hydrogen) atoms. The largest absolute Gasteiger partial charge is 0.488 e. The van der Waals surface area contributed by atoms with Gasteiger partial charge in [-0.2, -0.15) is 0 Å². The Balaban J connectivity index is 1.60. The van der Waals surface area contributed by atoms with Gasteiger partial charge in [-0.3, -0.25) is 0 Å². The Bertz CT molecular complexity index is 1740. The van der Waals surface area contributed by atoms with Gasteiger partial charge in [0, 0.05) is 10.9 Å². The van der Waals surface area contributed by atoms with Gasteiger partial charge in [-0.25, -0.2) is 0 Å². The average Bonchev–Trinajstić information content (AvgIpc) is 3.53. The molecular formula is C32H18BO. The molecule has 155 valence electrons. The van der Waals surface area contributed by atoms with Crippen LogP contribution < -0.4 is 15.7 Å². The third kappa shape index (κ3) is 1.71. The Hall–Kier alpha value is -4.04. The highest BCUT2D eigenvalue weighted by Crippen LogP contribution is 2.65. The molecule has 2 heteroatoms. The highest BCUT2D eigenvalue weighted by atomic mass is 16.5. The first-order valence-electron chi connectivity index (χ1n) is 12.0. The zero-order valence-corrected chi connectivity index (χ0v) is 18.4. The van der Waals surface area contributed by atoms with E-state index in [1.54, 1.807) is 0 Å². The normalized spacial score (nSPS) is 16.1. The summed E-state index contributed by atoms with van der Waals surface area (Å²) in [4.78, 5) is 0. The smallest absolute Gasteiger partial charge is 0.193 e. The van der Waals surface area contributed by atoms with Gasteiger partial charge in [0.1, 0.15) is 12.4 Å². The summed E-state index contributed by atoms with van der Waals surface area (Å²) in [7, 11) is 2.35. The van der Waals surface area contributed by atoms with Crippen molar-refractivity contribution in [3.8, 4) is 28.0 Å². The highest BCUT2D eigenvalue weighted by Gasteiger charge is 2.55. The van der Waals surface area contributed by atoms with Gasteiger partial charge in [0.25, 0.3) is 0 Å². The number of fused-ring (bicyclic) bond motifs is 12. The van der Waals surface area contributed by atoms with E-state index in [2.05, 4.69) is 104 Å². The second kappa shape index (κ2) is 5.71. The van der Waals surface area contributed by atoms with Crippen molar-refractivity contribution in [2.45, 2.75) is 5.41 Å². The molecule has 5 aromatic carbocycles. The van der Waals surface area contributed by atoms with Crippen molar-refractivity contribution in [3.63, 3.8) is 0 Å². The van der Waals surface area contributed by atoms with E-state index in [1.807, 2.05) is 0 Å². The first-order chi connectivity index (χ1) is 16.9. The van der Waals surface area contributed by atoms with Gasteiger partial charge >= 0.3 is 0 Å². The summed E-state index contributed by atoms with van der Waals surface area (Å²) in [5, 5.41) is 2.48. The molecule has 0 bridgehead atoms. The van der Waals surface area contributed by atoms with Crippen molar-refractivity contribution < 1.29 is 4.74 Å². The minimum Gasteiger partial charge on any atom is -0.488 e. The summed E-state index contributed by atoms with van der Waals surface area (Å²) in [5.41, 5.74) is 14.7. The van der Waals surface area contributed by atoms with Crippen LogP contribution >= 0.6 is 0 Å². The van der Waals surface area contributed by atoms with E-state index in [-0.39, 0.29) is 5.41 Å². The molecule has 2 aliphatic carbocycles. The Morgan fingerprint density at radius 2 is 1.32 bits per heavy atom. The van der Waals surface area contributed by atoms with Gasteiger partial charge in [0.2, 0.25) is 0 Å². The minimum absolute atomic E-state index is 0.337. The van der Waals surface area contributed by atoms with E-state index in [0.29, 0.717) is 6.61 Å². The number of rotatable bonds is 0. The molecule has 0 atom stereocenters. The second-order valence-electron chi connectivity index (χ2n) is 9.73. The maximum absolute atomic E-state index is 6.38. The molecule has 0 amide bonds. The van der Waals surface area contributed by atoms with Crippen LogP contribution in [0.4, 0.5) is 0 Å². The Morgan fingerprint density at radius 1 is 0.647 bits per heavy atom. The van der Waals surface area contributed by atoms with Crippen molar-refractivity contribution in [1.82, 2.24) is 0 Å². The van der Waals surface area contributed by atoms with Crippen LogP contribution in [0.15, 0.2) is 91.0 Å². The second-order valence-corrected chi connectivity index (χ2v) is 9.73. The number of benzene rings is 5. The predicted octanol–water partition coefficient (Wildman–Crippen LogP) is 5.56. The first-order valence-corrected chi connectivity index (χ1v) is 12.0. The summed E-state index contributed by atoms with van der Waals surface area (Å²) >= 11 is 0. The van der Waals surface area contributed by atoms with Crippen molar-refractivity contribution in [1.29, 1.82) is 0 Å². The van der Waals surface area contributed by atoms with Gasteiger partial charge in [0.15, 0.2) is 7.28 Å². The van der Waals surface area contributed by atoms with Crippen LogP contribution in [0.2, 0.25) is 0 Å².